The highest BCUT2D eigenvalue weighted by atomic mass is 35.5. The Morgan fingerprint density at radius 1 is 1.37 bits per heavy atom. The SMILES string of the molecule is CCCN(CCN1C(=O)CNC1=O)C1CCNC1.Cl. The van der Waals surface area contributed by atoms with Crippen LogP contribution in [-0.2, 0) is 4.79 Å². The van der Waals surface area contributed by atoms with Crippen molar-refractivity contribution in [3.63, 3.8) is 0 Å². The Morgan fingerprint density at radius 2 is 2.16 bits per heavy atom. The van der Waals surface area contributed by atoms with E-state index in [0.717, 1.165) is 39.0 Å². The average Bonchev–Trinajstić information content (AvgIpc) is 2.97. The van der Waals surface area contributed by atoms with E-state index in [1.165, 1.54) is 4.90 Å². The van der Waals surface area contributed by atoms with Gasteiger partial charge in [0.2, 0.25) is 5.91 Å². The Morgan fingerprint density at radius 3 is 2.68 bits per heavy atom. The molecule has 2 N–H and O–H groups in total. The zero-order chi connectivity index (χ0) is 13.0. The molecule has 2 aliphatic heterocycles. The molecule has 1 atom stereocenters. The number of nitrogens with one attached hydrogen (secondary N) is 2. The molecule has 0 radical (unpaired) electrons. The molecule has 2 saturated heterocycles. The van der Waals surface area contributed by atoms with E-state index in [9.17, 15) is 9.59 Å². The van der Waals surface area contributed by atoms with E-state index in [1.807, 2.05) is 0 Å². The summed E-state index contributed by atoms with van der Waals surface area (Å²) in [5, 5.41) is 5.91. The predicted octanol–water partition coefficient (Wildman–Crippen LogP) is 0.0339. The highest BCUT2D eigenvalue weighted by molar-refractivity contribution is 6.01. The van der Waals surface area contributed by atoms with Crippen molar-refractivity contribution >= 4 is 24.3 Å². The second-order valence-electron chi connectivity index (χ2n) is 4.89. The summed E-state index contributed by atoms with van der Waals surface area (Å²) in [6, 6.07) is 0.298. The van der Waals surface area contributed by atoms with Crippen LogP contribution in [0.2, 0.25) is 0 Å². The molecule has 0 aromatic rings. The van der Waals surface area contributed by atoms with Gasteiger partial charge in [-0.3, -0.25) is 14.6 Å². The number of rotatable bonds is 6. The van der Waals surface area contributed by atoms with Crippen LogP contribution >= 0.6 is 12.4 Å². The van der Waals surface area contributed by atoms with Crippen LogP contribution in [0.25, 0.3) is 0 Å². The molecule has 2 fully saturated rings. The van der Waals surface area contributed by atoms with E-state index in [1.54, 1.807) is 0 Å². The fourth-order valence-electron chi connectivity index (χ4n) is 2.63. The number of carbonyl (C=O) groups is 2. The third-order valence-corrected chi connectivity index (χ3v) is 3.61. The van der Waals surface area contributed by atoms with Crippen molar-refractivity contribution in [2.75, 3.05) is 39.3 Å². The highest BCUT2D eigenvalue weighted by Crippen LogP contribution is 2.10. The number of hydrogen-bond acceptors (Lipinski definition) is 4. The monoisotopic (exact) mass is 290 g/mol. The van der Waals surface area contributed by atoms with E-state index in [4.69, 9.17) is 0 Å². The van der Waals surface area contributed by atoms with Gasteiger partial charge in [-0.15, -0.1) is 12.4 Å². The largest absolute Gasteiger partial charge is 0.329 e. The molecule has 0 aliphatic carbocycles. The van der Waals surface area contributed by atoms with Crippen LogP contribution in [-0.4, -0.2) is 67.0 Å². The Balaban J connectivity index is 0.00000180. The van der Waals surface area contributed by atoms with E-state index in [2.05, 4.69) is 22.5 Å². The van der Waals surface area contributed by atoms with Crippen molar-refractivity contribution in [2.24, 2.45) is 0 Å². The van der Waals surface area contributed by atoms with E-state index in [0.29, 0.717) is 12.6 Å². The van der Waals surface area contributed by atoms with Crippen molar-refractivity contribution < 1.29 is 9.59 Å². The first-order valence-electron chi connectivity index (χ1n) is 6.75. The smallest absolute Gasteiger partial charge is 0.324 e. The lowest BCUT2D eigenvalue weighted by molar-refractivity contribution is -0.125. The minimum atomic E-state index is -0.249. The van der Waals surface area contributed by atoms with Crippen molar-refractivity contribution in [1.82, 2.24) is 20.4 Å². The lowest BCUT2D eigenvalue weighted by atomic mass is 10.2. The summed E-state index contributed by atoms with van der Waals surface area (Å²) in [4.78, 5) is 26.6. The average molecular weight is 291 g/mol. The molecule has 0 saturated carbocycles. The topological polar surface area (TPSA) is 64.7 Å². The first-order valence-corrected chi connectivity index (χ1v) is 6.75. The number of hydrogen-bond donors (Lipinski definition) is 2. The summed E-state index contributed by atoms with van der Waals surface area (Å²) >= 11 is 0. The van der Waals surface area contributed by atoms with Crippen molar-refractivity contribution in [2.45, 2.75) is 25.8 Å². The third kappa shape index (κ3) is 4.06. The minimum absolute atomic E-state index is 0. The van der Waals surface area contributed by atoms with E-state index < -0.39 is 0 Å². The maximum atomic E-state index is 11.5. The van der Waals surface area contributed by atoms with Gasteiger partial charge in [-0.25, -0.2) is 4.79 Å². The number of urea groups is 1. The molecule has 110 valence electrons. The Kier molecular flexibility index (Phi) is 6.54. The van der Waals surface area contributed by atoms with Crippen LogP contribution in [0.5, 0.6) is 0 Å². The molecule has 2 aliphatic rings. The molecule has 0 bridgehead atoms. The summed E-state index contributed by atoms with van der Waals surface area (Å²) in [5.41, 5.74) is 0. The van der Waals surface area contributed by atoms with Gasteiger partial charge >= 0.3 is 6.03 Å². The maximum absolute atomic E-state index is 11.5. The molecule has 0 aromatic carbocycles. The minimum Gasteiger partial charge on any atom is -0.329 e. The zero-order valence-electron chi connectivity index (χ0n) is 11.4. The zero-order valence-corrected chi connectivity index (χ0v) is 12.2. The van der Waals surface area contributed by atoms with Crippen LogP contribution in [0.3, 0.4) is 0 Å². The molecule has 1 unspecified atom stereocenters. The van der Waals surface area contributed by atoms with Gasteiger partial charge in [0.05, 0.1) is 6.54 Å². The molecule has 2 rings (SSSR count). The predicted molar refractivity (Wildman–Crippen MR) is 75.5 cm³/mol. The Labute approximate surface area is 120 Å². The second-order valence-corrected chi connectivity index (χ2v) is 4.89. The maximum Gasteiger partial charge on any atom is 0.324 e. The van der Waals surface area contributed by atoms with Crippen LogP contribution < -0.4 is 10.6 Å². The van der Waals surface area contributed by atoms with Crippen LogP contribution in [0, 0.1) is 0 Å². The molecule has 2 heterocycles. The number of halogens is 1. The first-order chi connectivity index (χ1) is 8.72. The fraction of sp³-hybridized carbons (Fsp3) is 0.833. The number of amides is 3. The molecule has 6 nitrogen and oxygen atoms in total. The van der Waals surface area contributed by atoms with E-state index in [-0.39, 0.29) is 30.9 Å². The van der Waals surface area contributed by atoms with Gasteiger partial charge in [-0.05, 0) is 25.9 Å². The lowest BCUT2D eigenvalue weighted by Crippen LogP contribution is -2.44. The molecular weight excluding hydrogens is 268 g/mol. The van der Waals surface area contributed by atoms with Crippen molar-refractivity contribution in [3.05, 3.63) is 0 Å². The van der Waals surface area contributed by atoms with Gasteiger partial charge in [-0.1, -0.05) is 6.92 Å². The van der Waals surface area contributed by atoms with Gasteiger partial charge in [0.1, 0.15) is 0 Å². The number of carbonyl (C=O) groups excluding carboxylic acids is 2. The first kappa shape index (κ1) is 16.2. The quantitative estimate of drug-likeness (QED) is 0.678. The normalized spacial score (nSPS) is 22.8. The van der Waals surface area contributed by atoms with Gasteiger partial charge in [0.15, 0.2) is 0 Å². The molecular formula is C12H23ClN4O2. The van der Waals surface area contributed by atoms with Crippen LogP contribution in [0.4, 0.5) is 4.79 Å². The van der Waals surface area contributed by atoms with Crippen LogP contribution in [0.15, 0.2) is 0 Å². The molecule has 3 amide bonds. The summed E-state index contributed by atoms with van der Waals surface area (Å²) in [5.74, 6) is -0.110. The van der Waals surface area contributed by atoms with Gasteiger partial charge in [0.25, 0.3) is 0 Å². The number of imide groups is 1. The third-order valence-electron chi connectivity index (χ3n) is 3.61. The lowest BCUT2D eigenvalue weighted by Gasteiger charge is -2.29. The molecule has 7 heteroatoms. The van der Waals surface area contributed by atoms with Crippen molar-refractivity contribution in [1.29, 1.82) is 0 Å². The van der Waals surface area contributed by atoms with Crippen molar-refractivity contribution in [3.8, 4) is 0 Å². The van der Waals surface area contributed by atoms with Gasteiger partial charge in [0, 0.05) is 25.7 Å². The standard InChI is InChI=1S/C12H22N4O2.ClH/c1-2-5-15(10-3-4-13-8-10)6-7-16-11(17)9-14-12(16)18;/h10,13H,2-9H2,1H3,(H,14,18);1H. The summed E-state index contributed by atoms with van der Waals surface area (Å²) in [6.07, 6.45) is 2.25. The highest BCUT2D eigenvalue weighted by Gasteiger charge is 2.29. The molecule has 0 spiro atoms. The van der Waals surface area contributed by atoms with Gasteiger partial charge < -0.3 is 10.6 Å². The van der Waals surface area contributed by atoms with Gasteiger partial charge in [-0.2, -0.15) is 0 Å². The summed E-state index contributed by atoms with van der Waals surface area (Å²) in [6.45, 7) is 6.69. The van der Waals surface area contributed by atoms with E-state index >= 15 is 0 Å². The van der Waals surface area contributed by atoms with Crippen LogP contribution in [0.1, 0.15) is 19.8 Å². The Hall–Kier alpha value is -0.850. The molecule has 0 aromatic heterocycles. The fourth-order valence-corrected chi connectivity index (χ4v) is 2.63. The summed E-state index contributed by atoms with van der Waals surface area (Å²) in [7, 11) is 0. The molecule has 19 heavy (non-hydrogen) atoms. The number of nitrogens with zero attached hydrogens (tertiary/aromatic N) is 2. The Bertz CT molecular complexity index is 305. The second kappa shape index (κ2) is 7.67. The summed E-state index contributed by atoms with van der Waals surface area (Å²) < 4.78 is 0.